The summed E-state index contributed by atoms with van der Waals surface area (Å²) in [5.74, 6) is -0.572. The van der Waals surface area contributed by atoms with Crippen LogP contribution >= 0.6 is 11.6 Å². The molecule has 172 valence electrons. The molecule has 3 aromatic rings. The molecule has 3 aromatic carbocycles. The minimum Gasteiger partial charge on any atom is -0.482 e. The van der Waals surface area contributed by atoms with Gasteiger partial charge in [0.05, 0.1) is 4.90 Å². The SMILES string of the molecule is Cc1ccc(Cl)cc1-c1ccc(S(=O)(=O)N[C@@H]2CCCc3c(OCC(=O)O)cccc32)cc1. The van der Waals surface area contributed by atoms with E-state index in [2.05, 4.69) is 4.72 Å². The molecule has 0 heterocycles. The van der Waals surface area contributed by atoms with Gasteiger partial charge in [0.25, 0.3) is 0 Å². The van der Waals surface area contributed by atoms with E-state index in [4.69, 9.17) is 21.4 Å². The highest BCUT2D eigenvalue weighted by atomic mass is 35.5. The highest BCUT2D eigenvalue weighted by Gasteiger charge is 2.27. The maximum atomic E-state index is 13.1. The molecule has 33 heavy (non-hydrogen) atoms. The van der Waals surface area contributed by atoms with Crippen molar-refractivity contribution in [2.75, 3.05) is 6.61 Å². The third-order valence-corrected chi connectivity index (χ3v) is 7.51. The first-order valence-corrected chi connectivity index (χ1v) is 12.5. The smallest absolute Gasteiger partial charge is 0.341 e. The number of sulfonamides is 1. The van der Waals surface area contributed by atoms with Gasteiger partial charge in [-0.25, -0.2) is 17.9 Å². The number of ether oxygens (including phenoxy) is 1. The molecule has 0 saturated carbocycles. The van der Waals surface area contributed by atoms with E-state index in [1.165, 1.54) is 0 Å². The summed E-state index contributed by atoms with van der Waals surface area (Å²) in [6.07, 6.45) is 2.12. The molecule has 2 N–H and O–H groups in total. The highest BCUT2D eigenvalue weighted by Crippen LogP contribution is 2.36. The van der Waals surface area contributed by atoms with Crippen LogP contribution in [0.15, 0.2) is 65.6 Å². The Kier molecular flexibility index (Phi) is 6.74. The van der Waals surface area contributed by atoms with Crippen molar-refractivity contribution in [3.8, 4) is 16.9 Å². The first kappa shape index (κ1) is 23.3. The Morgan fingerprint density at radius 2 is 1.91 bits per heavy atom. The van der Waals surface area contributed by atoms with E-state index in [1.807, 2.05) is 31.2 Å². The molecule has 0 radical (unpaired) electrons. The molecule has 1 aliphatic carbocycles. The lowest BCUT2D eigenvalue weighted by Gasteiger charge is -2.27. The molecule has 0 bridgehead atoms. The number of halogens is 1. The van der Waals surface area contributed by atoms with E-state index >= 15 is 0 Å². The third kappa shape index (κ3) is 5.21. The average molecular weight is 486 g/mol. The fraction of sp³-hybridized carbons (Fsp3) is 0.240. The molecule has 6 nitrogen and oxygen atoms in total. The number of carbonyl (C=O) groups is 1. The Labute approximate surface area is 198 Å². The standard InChI is InChI=1S/C25H24ClNO5S/c1-16-8-11-18(26)14-22(16)17-9-12-19(13-10-17)33(30,31)27-23-6-2-5-21-20(23)4-3-7-24(21)32-15-25(28)29/h3-4,7-14,23,27H,2,5-6,15H2,1H3,(H,28,29)/t23-/m1/s1. The molecule has 0 amide bonds. The van der Waals surface area contributed by atoms with E-state index in [0.29, 0.717) is 23.6 Å². The molecule has 0 unspecified atom stereocenters. The summed E-state index contributed by atoms with van der Waals surface area (Å²) in [5.41, 5.74) is 4.56. The topological polar surface area (TPSA) is 92.7 Å². The van der Waals surface area contributed by atoms with E-state index < -0.39 is 28.6 Å². The normalized spacial score (nSPS) is 15.6. The van der Waals surface area contributed by atoms with Crippen LogP contribution in [-0.2, 0) is 21.2 Å². The molecule has 1 atom stereocenters. The number of aliphatic carboxylic acids is 1. The van der Waals surface area contributed by atoms with Gasteiger partial charge in [-0.3, -0.25) is 0 Å². The summed E-state index contributed by atoms with van der Waals surface area (Å²) in [5, 5.41) is 9.53. The quantitative estimate of drug-likeness (QED) is 0.483. The lowest BCUT2D eigenvalue weighted by molar-refractivity contribution is -0.139. The van der Waals surface area contributed by atoms with Crippen LogP contribution in [0, 0.1) is 6.92 Å². The van der Waals surface area contributed by atoms with Gasteiger partial charge in [-0.15, -0.1) is 0 Å². The Morgan fingerprint density at radius 3 is 2.64 bits per heavy atom. The van der Waals surface area contributed by atoms with Crippen LogP contribution in [0.25, 0.3) is 11.1 Å². The van der Waals surface area contributed by atoms with Gasteiger partial charge in [0.1, 0.15) is 5.75 Å². The first-order chi connectivity index (χ1) is 15.7. The highest BCUT2D eigenvalue weighted by molar-refractivity contribution is 7.89. The first-order valence-electron chi connectivity index (χ1n) is 10.6. The number of hydrogen-bond donors (Lipinski definition) is 2. The van der Waals surface area contributed by atoms with Crippen molar-refractivity contribution in [3.63, 3.8) is 0 Å². The van der Waals surface area contributed by atoms with E-state index in [1.54, 1.807) is 36.4 Å². The van der Waals surface area contributed by atoms with Crippen LogP contribution in [0.1, 0.15) is 35.6 Å². The summed E-state index contributed by atoms with van der Waals surface area (Å²) in [6, 6.07) is 17.3. The maximum absolute atomic E-state index is 13.1. The van der Waals surface area contributed by atoms with Crippen molar-refractivity contribution in [3.05, 3.63) is 82.4 Å². The number of aryl methyl sites for hydroxylation is 1. The average Bonchev–Trinajstić information content (AvgIpc) is 2.79. The van der Waals surface area contributed by atoms with Gasteiger partial charge >= 0.3 is 5.97 Å². The van der Waals surface area contributed by atoms with Crippen LogP contribution in [0.3, 0.4) is 0 Å². The zero-order chi connectivity index (χ0) is 23.6. The molecule has 0 spiro atoms. The lowest BCUT2D eigenvalue weighted by Crippen LogP contribution is -2.31. The zero-order valence-corrected chi connectivity index (χ0v) is 19.6. The fourth-order valence-electron chi connectivity index (χ4n) is 4.19. The lowest BCUT2D eigenvalue weighted by atomic mass is 9.87. The van der Waals surface area contributed by atoms with Crippen LogP contribution in [0.4, 0.5) is 0 Å². The van der Waals surface area contributed by atoms with Crippen molar-refractivity contribution in [2.24, 2.45) is 0 Å². The van der Waals surface area contributed by atoms with Gasteiger partial charge in [-0.1, -0.05) is 41.9 Å². The number of fused-ring (bicyclic) bond motifs is 1. The number of benzene rings is 3. The number of carboxylic acid groups (broad SMARTS) is 1. The van der Waals surface area contributed by atoms with Gasteiger partial charge in [0.15, 0.2) is 6.61 Å². The minimum atomic E-state index is -3.77. The number of rotatable bonds is 7. The van der Waals surface area contributed by atoms with Crippen molar-refractivity contribution >= 4 is 27.6 Å². The van der Waals surface area contributed by atoms with Crippen LogP contribution in [0.5, 0.6) is 5.75 Å². The van der Waals surface area contributed by atoms with Crippen molar-refractivity contribution in [2.45, 2.75) is 37.1 Å². The predicted octanol–water partition coefficient (Wildman–Crippen LogP) is 5.13. The second-order valence-electron chi connectivity index (χ2n) is 8.06. The van der Waals surface area contributed by atoms with Crippen molar-refractivity contribution < 1.29 is 23.1 Å². The minimum absolute atomic E-state index is 0.177. The Morgan fingerprint density at radius 1 is 1.15 bits per heavy atom. The van der Waals surface area contributed by atoms with Gasteiger partial charge in [-0.2, -0.15) is 0 Å². The Bertz CT molecular complexity index is 1290. The fourth-order valence-corrected chi connectivity index (χ4v) is 5.61. The van der Waals surface area contributed by atoms with Gasteiger partial charge in [0.2, 0.25) is 10.0 Å². The van der Waals surface area contributed by atoms with Gasteiger partial charge in [-0.05, 0) is 84.3 Å². The Balaban J connectivity index is 1.57. The Hall–Kier alpha value is -2.87. The molecular weight excluding hydrogens is 462 g/mol. The van der Waals surface area contributed by atoms with Crippen LogP contribution in [0.2, 0.25) is 5.02 Å². The molecule has 0 aromatic heterocycles. The van der Waals surface area contributed by atoms with Crippen LogP contribution in [-0.4, -0.2) is 26.1 Å². The van der Waals surface area contributed by atoms with Gasteiger partial charge < -0.3 is 9.84 Å². The van der Waals surface area contributed by atoms with E-state index in [0.717, 1.165) is 34.2 Å². The van der Waals surface area contributed by atoms with E-state index in [-0.39, 0.29) is 4.90 Å². The van der Waals surface area contributed by atoms with Crippen molar-refractivity contribution in [1.29, 1.82) is 0 Å². The number of nitrogens with one attached hydrogen (secondary N) is 1. The van der Waals surface area contributed by atoms with Crippen LogP contribution < -0.4 is 9.46 Å². The second kappa shape index (κ2) is 9.55. The number of hydrogen-bond acceptors (Lipinski definition) is 4. The molecule has 0 saturated heterocycles. The largest absolute Gasteiger partial charge is 0.482 e. The third-order valence-electron chi connectivity index (χ3n) is 5.79. The second-order valence-corrected chi connectivity index (χ2v) is 10.2. The molecule has 0 fully saturated rings. The maximum Gasteiger partial charge on any atom is 0.341 e. The predicted molar refractivity (Wildman–Crippen MR) is 127 cm³/mol. The van der Waals surface area contributed by atoms with Crippen molar-refractivity contribution in [1.82, 2.24) is 4.72 Å². The van der Waals surface area contributed by atoms with E-state index in [9.17, 15) is 13.2 Å². The summed E-state index contributed by atoms with van der Waals surface area (Å²) in [4.78, 5) is 11.1. The van der Waals surface area contributed by atoms with Gasteiger partial charge in [0, 0.05) is 11.1 Å². The molecule has 4 rings (SSSR count). The summed E-state index contributed by atoms with van der Waals surface area (Å²) in [6.45, 7) is 1.54. The molecule has 0 aliphatic heterocycles. The summed E-state index contributed by atoms with van der Waals surface area (Å²) < 4.78 is 34.5. The monoisotopic (exact) mass is 485 g/mol. The zero-order valence-electron chi connectivity index (χ0n) is 18.0. The molecule has 1 aliphatic rings. The summed E-state index contributed by atoms with van der Waals surface area (Å²) >= 11 is 6.12. The molecular formula is C25H24ClNO5S. The number of carboxylic acids is 1. The summed E-state index contributed by atoms with van der Waals surface area (Å²) in [7, 11) is -3.77. The molecule has 8 heteroatoms.